The molecule has 0 heterocycles. The summed E-state index contributed by atoms with van der Waals surface area (Å²) in [5.41, 5.74) is -1.01. The fraction of sp³-hybridized carbons (Fsp3) is 0.920. The van der Waals surface area contributed by atoms with E-state index in [0.717, 1.165) is 57.6 Å². The second kappa shape index (κ2) is 14.4. The van der Waals surface area contributed by atoms with Crippen LogP contribution in [0.15, 0.2) is 0 Å². The Labute approximate surface area is 217 Å². The van der Waals surface area contributed by atoms with Gasteiger partial charge in [-0.25, -0.2) is 9.59 Å². The molecular formula is C25H48N2O8S. The second-order valence-electron chi connectivity index (χ2n) is 11.8. The van der Waals surface area contributed by atoms with Gasteiger partial charge in [0.05, 0.1) is 12.9 Å². The zero-order valence-corrected chi connectivity index (χ0v) is 23.9. The molecule has 36 heavy (non-hydrogen) atoms. The van der Waals surface area contributed by atoms with Crippen molar-refractivity contribution in [3.63, 3.8) is 0 Å². The summed E-state index contributed by atoms with van der Waals surface area (Å²) in [5, 5.41) is 14.9. The van der Waals surface area contributed by atoms with Crippen molar-refractivity contribution in [2.24, 2.45) is 11.8 Å². The van der Waals surface area contributed by atoms with E-state index in [1.807, 2.05) is 20.8 Å². The molecule has 0 saturated heterocycles. The molecule has 10 nitrogen and oxygen atoms in total. The minimum atomic E-state index is -3.45. The van der Waals surface area contributed by atoms with E-state index in [9.17, 15) is 23.1 Å². The molecule has 0 spiro atoms. The smallest absolute Gasteiger partial charge is 0.407 e. The standard InChI is InChI=1S/C13H25NO5S.C12H23NO3/c1-13(2,3)19-12(15)14-11-8-6-5-7-10(11)9-18-20(4,16)17;1-12(2,3)16-11(15)13-10-7-5-4-6-9(10)8-14/h10-11H,5-9H2,1-4H3,(H,14,15);9-10,14H,4-8H2,1-3H3,(H,13,15)/t10-,11+;9-,10+/m11/s1. The van der Waals surface area contributed by atoms with Crippen LogP contribution < -0.4 is 10.6 Å². The van der Waals surface area contributed by atoms with E-state index in [-0.39, 0.29) is 43.2 Å². The molecule has 2 rings (SSSR count). The third kappa shape index (κ3) is 14.8. The van der Waals surface area contributed by atoms with E-state index in [2.05, 4.69) is 10.6 Å². The Kier molecular flexibility index (Phi) is 13.0. The molecule has 2 aliphatic carbocycles. The molecule has 2 amide bonds. The number of carbonyl (C=O) groups is 2. The summed E-state index contributed by atoms with van der Waals surface area (Å²) in [6.45, 7) is 11.2. The second-order valence-corrected chi connectivity index (χ2v) is 13.4. The lowest BCUT2D eigenvalue weighted by Gasteiger charge is -2.32. The normalized spacial score (nSPS) is 25.1. The first-order chi connectivity index (χ1) is 16.5. The quantitative estimate of drug-likeness (QED) is 0.431. The van der Waals surface area contributed by atoms with Crippen LogP contribution in [0.4, 0.5) is 9.59 Å². The van der Waals surface area contributed by atoms with Crippen LogP contribution in [0, 0.1) is 11.8 Å². The Morgan fingerprint density at radius 3 is 1.56 bits per heavy atom. The average molecular weight is 537 g/mol. The lowest BCUT2D eigenvalue weighted by Crippen LogP contribution is -2.45. The van der Waals surface area contributed by atoms with Crippen molar-refractivity contribution in [3.05, 3.63) is 0 Å². The van der Waals surface area contributed by atoms with Gasteiger partial charge < -0.3 is 25.2 Å². The third-order valence-corrected chi connectivity index (χ3v) is 6.52. The largest absolute Gasteiger partial charge is 0.444 e. The molecular weight excluding hydrogens is 488 g/mol. The van der Waals surface area contributed by atoms with Crippen molar-refractivity contribution in [1.29, 1.82) is 0 Å². The first-order valence-corrected chi connectivity index (χ1v) is 14.7. The van der Waals surface area contributed by atoms with Gasteiger partial charge in [0.25, 0.3) is 10.1 Å². The van der Waals surface area contributed by atoms with Crippen LogP contribution in [0.3, 0.4) is 0 Å². The molecule has 0 aromatic heterocycles. The topological polar surface area (TPSA) is 140 Å². The van der Waals surface area contributed by atoms with Crippen molar-refractivity contribution in [1.82, 2.24) is 10.6 Å². The van der Waals surface area contributed by atoms with Gasteiger partial charge in [0.1, 0.15) is 11.2 Å². The lowest BCUT2D eigenvalue weighted by atomic mass is 9.85. The SMILES string of the molecule is CC(C)(C)OC(=O)N[C@H]1CCCC[C@@H]1CO.CC(C)(C)OC(=O)N[C@H]1CCCC[C@@H]1COS(C)(=O)=O. The van der Waals surface area contributed by atoms with Gasteiger partial charge in [0, 0.05) is 30.5 Å². The zero-order chi connectivity index (χ0) is 27.6. The fourth-order valence-electron chi connectivity index (χ4n) is 4.34. The van der Waals surface area contributed by atoms with Crippen LogP contribution in [-0.2, 0) is 23.8 Å². The van der Waals surface area contributed by atoms with Crippen molar-refractivity contribution in [3.8, 4) is 0 Å². The Balaban J connectivity index is 0.000000369. The summed E-state index contributed by atoms with van der Waals surface area (Å²) in [6, 6.07) is -0.0334. The van der Waals surface area contributed by atoms with Gasteiger partial charge in [-0.1, -0.05) is 25.7 Å². The number of rotatable bonds is 6. The number of alkyl carbamates (subject to hydrolysis) is 2. The Morgan fingerprint density at radius 1 is 0.778 bits per heavy atom. The molecule has 2 saturated carbocycles. The maximum atomic E-state index is 11.8. The maximum absolute atomic E-state index is 11.8. The molecule has 2 fully saturated rings. The minimum absolute atomic E-state index is 0.00555. The summed E-state index contributed by atoms with van der Waals surface area (Å²) >= 11 is 0. The minimum Gasteiger partial charge on any atom is -0.444 e. The van der Waals surface area contributed by atoms with Crippen LogP contribution in [0.2, 0.25) is 0 Å². The van der Waals surface area contributed by atoms with Crippen LogP contribution in [0.1, 0.15) is 92.9 Å². The Hall–Kier alpha value is -1.59. The summed E-state index contributed by atoms with van der Waals surface area (Å²) in [6.07, 6.45) is 8.04. The van der Waals surface area contributed by atoms with Crippen LogP contribution >= 0.6 is 0 Å². The molecule has 0 bridgehead atoms. The highest BCUT2D eigenvalue weighted by Crippen LogP contribution is 2.26. The number of hydrogen-bond acceptors (Lipinski definition) is 8. The van der Waals surface area contributed by atoms with Gasteiger partial charge >= 0.3 is 12.2 Å². The summed E-state index contributed by atoms with van der Waals surface area (Å²) in [4.78, 5) is 23.4. The Morgan fingerprint density at radius 2 is 1.17 bits per heavy atom. The van der Waals surface area contributed by atoms with Gasteiger partial charge in [0.15, 0.2) is 0 Å². The monoisotopic (exact) mass is 536 g/mol. The zero-order valence-electron chi connectivity index (χ0n) is 23.1. The summed E-state index contributed by atoms with van der Waals surface area (Å²) in [5.74, 6) is 0.187. The van der Waals surface area contributed by atoms with Crippen molar-refractivity contribution in [2.45, 2.75) is 116 Å². The van der Waals surface area contributed by atoms with E-state index >= 15 is 0 Å². The lowest BCUT2D eigenvalue weighted by molar-refractivity contribution is 0.0436. The highest BCUT2D eigenvalue weighted by Gasteiger charge is 2.30. The Bertz CT molecular complexity index is 789. The number of nitrogens with one attached hydrogen (secondary N) is 2. The van der Waals surface area contributed by atoms with Gasteiger partial charge in [-0.15, -0.1) is 0 Å². The van der Waals surface area contributed by atoms with Crippen molar-refractivity contribution in [2.75, 3.05) is 19.5 Å². The van der Waals surface area contributed by atoms with Gasteiger partial charge in [-0.05, 0) is 67.2 Å². The van der Waals surface area contributed by atoms with E-state index < -0.39 is 27.4 Å². The molecule has 0 aliphatic heterocycles. The maximum Gasteiger partial charge on any atom is 0.407 e. The number of aliphatic hydroxyl groups is 1. The number of hydrogen-bond donors (Lipinski definition) is 3. The third-order valence-electron chi connectivity index (χ3n) is 5.95. The number of carbonyl (C=O) groups excluding carboxylic acids is 2. The van der Waals surface area contributed by atoms with Gasteiger partial charge in [0.2, 0.25) is 0 Å². The van der Waals surface area contributed by atoms with E-state index in [1.165, 1.54) is 0 Å². The molecule has 3 N–H and O–H groups in total. The number of aliphatic hydroxyl groups excluding tert-OH is 1. The molecule has 212 valence electrons. The first-order valence-electron chi connectivity index (χ1n) is 12.9. The average Bonchev–Trinajstić information content (AvgIpc) is 2.70. The summed E-state index contributed by atoms with van der Waals surface area (Å²) < 4.78 is 37.4. The predicted molar refractivity (Wildman–Crippen MR) is 138 cm³/mol. The highest BCUT2D eigenvalue weighted by atomic mass is 32.2. The highest BCUT2D eigenvalue weighted by molar-refractivity contribution is 7.85. The van der Waals surface area contributed by atoms with E-state index in [1.54, 1.807) is 20.8 Å². The predicted octanol–water partition coefficient (Wildman–Crippen LogP) is 4.11. The molecule has 4 atom stereocenters. The number of ether oxygens (including phenoxy) is 2. The van der Waals surface area contributed by atoms with E-state index in [0.29, 0.717) is 0 Å². The molecule has 11 heteroatoms. The van der Waals surface area contributed by atoms with Gasteiger partial charge in [-0.2, -0.15) is 8.42 Å². The first kappa shape index (κ1) is 32.4. The summed E-state index contributed by atoms with van der Waals surface area (Å²) in [7, 11) is -3.45. The van der Waals surface area contributed by atoms with Crippen LogP contribution in [0.25, 0.3) is 0 Å². The van der Waals surface area contributed by atoms with Crippen molar-refractivity contribution >= 4 is 22.3 Å². The molecule has 2 aliphatic rings. The number of amides is 2. The van der Waals surface area contributed by atoms with Gasteiger partial charge in [-0.3, -0.25) is 4.18 Å². The van der Waals surface area contributed by atoms with Crippen LogP contribution in [0.5, 0.6) is 0 Å². The molecule has 0 aromatic rings. The molecule has 0 aromatic carbocycles. The molecule has 0 radical (unpaired) electrons. The van der Waals surface area contributed by atoms with Crippen LogP contribution in [-0.4, -0.2) is 68.5 Å². The molecule has 0 unspecified atom stereocenters. The van der Waals surface area contributed by atoms with E-state index in [4.69, 9.17) is 13.7 Å². The fourth-order valence-corrected chi connectivity index (χ4v) is 4.76. The van der Waals surface area contributed by atoms with Crippen molar-refractivity contribution < 1.29 is 36.8 Å².